The number of likely N-dealkylation sites (tertiary alicyclic amines) is 1. The summed E-state index contributed by atoms with van der Waals surface area (Å²) < 4.78 is 0.894. The maximum atomic E-state index is 12.9. The second-order valence-electron chi connectivity index (χ2n) is 6.78. The van der Waals surface area contributed by atoms with Gasteiger partial charge in [-0.25, -0.2) is 0 Å². The lowest BCUT2D eigenvalue weighted by Gasteiger charge is -2.26. The van der Waals surface area contributed by atoms with Crippen molar-refractivity contribution in [3.63, 3.8) is 0 Å². The summed E-state index contributed by atoms with van der Waals surface area (Å²) in [5.74, 6) is -0.373. The van der Waals surface area contributed by atoms with Crippen LogP contribution in [0.4, 0.5) is 5.69 Å². The van der Waals surface area contributed by atoms with Crippen LogP contribution in [-0.4, -0.2) is 36.3 Å². The summed E-state index contributed by atoms with van der Waals surface area (Å²) in [6.45, 7) is 3.67. The Labute approximate surface area is 168 Å². The molecule has 2 aromatic rings. The average molecular weight is 430 g/mol. The SMILES string of the molecule is Cc1ccc(Br)cc1NC(=O)CNC(=O)C(c1ccccc1)N1CCCC1. The lowest BCUT2D eigenvalue weighted by Crippen LogP contribution is -2.42. The number of anilines is 1. The van der Waals surface area contributed by atoms with Gasteiger partial charge in [0.15, 0.2) is 0 Å². The van der Waals surface area contributed by atoms with Crippen LogP contribution in [0.2, 0.25) is 0 Å². The van der Waals surface area contributed by atoms with Gasteiger partial charge in [-0.05, 0) is 56.1 Å². The van der Waals surface area contributed by atoms with Gasteiger partial charge in [-0.2, -0.15) is 0 Å². The van der Waals surface area contributed by atoms with Gasteiger partial charge in [0, 0.05) is 10.2 Å². The third-order valence-corrected chi connectivity index (χ3v) is 5.26. The summed E-state index contributed by atoms with van der Waals surface area (Å²) in [6, 6.07) is 15.1. The van der Waals surface area contributed by atoms with E-state index in [2.05, 4.69) is 31.5 Å². The molecule has 1 unspecified atom stereocenters. The highest BCUT2D eigenvalue weighted by Crippen LogP contribution is 2.25. The van der Waals surface area contributed by atoms with Crippen LogP contribution < -0.4 is 10.6 Å². The molecule has 27 heavy (non-hydrogen) atoms. The van der Waals surface area contributed by atoms with Crippen molar-refractivity contribution in [1.29, 1.82) is 0 Å². The first kappa shape index (κ1) is 19.6. The molecule has 0 aromatic heterocycles. The topological polar surface area (TPSA) is 61.4 Å². The van der Waals surface area contributed by atoms with Crippen molar-refractivity contribution in [3.8, 4) is 0 Å². The van der Waals surface area contributed by atoms with Gasteiger partial charge in [-0.1, -0.05) is 52.3 Å². The van der Waals surface area contributed by atoms with Gasteiger partial charge in [0.2, 0.25) is 11.8 Å². The standard InChI is InChI=1S/C21H24BrN3O2/c1-15-9-10-17(22)13-18(15)24-19(26)14-23-21(27)20(25-11-5-6-12-25)16-7-3-2-4-8-16/h2-4,7-10,13,20H,5-6,11-12,14H2,1H3,(H,23,27)(H,24,26). The van der Waals surface area contributed by atoms with E-state index in [4.69, 9.17) is 0 Å². The second-order valence-corrected chi connectivity index (χ2v) is 7.70. The van der Waals surface area contributed by atoms with Crippen LogP contribution in [0.15, 0.2) is 53.0 Å². The average Bonchev–Trinajstić information content (AvgIpc) is 3.18. The summed E-state index contributed by atoms with van der Waals surface area (Å²) in [4.78, 5) is 27.4. The number of nitrogens with zero attached hydrogens (tertiary/aromatic N) is 1. The van der Waals surface area contributed by atoms with Crippen molar-refractivity contribution in [2.75, 3.05) is 25.0 Å². The number of rotatable bonds is 6. The smallest absolute Gasteiger partial charge is 0.243 e. The number of hydrogen-bond acceptors (Lipinski definition) is 3. The lowest BCUT2D eigenvalue weighted by molar-refractivity contribution is -0.128. The molecular formula is C21H24BrN3O2. The Bertz CT molecular complexity index is 804. The van der Waals surface area contributed by atoms with E-state index < -0.39 is 0 Å². The van der Waals surface area contributed by atoms with Crippen LogP contribution in [0.3, 0.4) is 0 Å². The van der Waals surface area contributed by atoms with E-state index in [1.165, 1.54) is 0 Å². The number of amides is 2. The van der Waals surface area contributed by atoms with Crippen LogP contribution in [0.1, 0.15) is 30.0 Å². The van der Waals surface area contributed by atoms with Gasteiger partial charge in [0.25, 0.3) is 0 Å². The Morgan fingerprint density at radius 2 is 1.81 bits per heavy atom. The van der Waals surface area contributed by atoms with E-state index >= 15 is 0 Å². The zero-order chi connectivity index (χ0) is 19.2. The van der Waals surface area contributed by atoms with Gasteiger partial charge in [0.05, 0.1) is 6.54 Å². The molecule has 1 aliphatic heterocycles. The van der Waals surface area contributed by atoms with Crippen LogP contribution in [0, 0.1) is 6.92 Å². The molecule has 2 N–H and O–H groups in total. The fraction of sp³-hybridized carbons (Fsp3) is 0.333. The Morgan fingerprint density at radius 1 is 1.11 bits per heavy atom. The first-order valence-electron chi connectivity index (χ1n) is 9.17. The van der Waals surface area contributed by atoms with Crippen molar-refractivity contribution in [2.24, 2.45) is 0 Å². The predicted molar refractivity (Wildman–Crippen MR) is 111 cm³/mol. The molecular weight excluding hydrogens is 406 g/mol. The lowest BCUT2D eigenvalue weighted by atomic mass is 10.0. The van der Waals surface area contributed by atoms with Gasteiger partial charge < -0.3 is 10.6 Å². The molecule has 6 heteroatoms. The fourth-order valence-corrected chi connectivity index (χ4v) is 3.71. The zero-order valence-electron chi connectivity index (χ0n) is 15.4. The van der Waals surface area contributed by atoms with Crippen LogP contribution in [-0.2, 0) is 9.59 Å². The van der Waals surface area contributed by atoms with Gasteiger partial charge in [-0.3, -0.25) is 14.5 Å². The van der Waals surface area contributed by atoms with Crippen LogP contribution >= 0.6 is 15.9 Å². The number of aryl methyl sites for hydroxylation is 1. The third kappa shape index (κ3) is 5.17. The molecule has 5 nitrogen and oxygen atoms in total. The van der Waals surface area contributed by atoms with E-state index in [0.29, 0.717) is 0 Å². The quantitative estimate of drug-likeness (QED) is 0.736. The Kier molecular flexibility index (Phi) is 6.63. The number of hydrogen-bond donors (Lipinski definition) is 2. The molecule has 0 aliphatic carbocycles. The highest BCUT2D eigenvalue weighted by Gasteiger charge is 2.29. The van der Waals surface area contributed by atoms with E-state index in [0.717, 1.165) is 47.2 Å². The van der Waals surface area contributed by atoms with Crippen molar-refractivity contribution in [2.45, 2.75) is 25.8 Å². The number of nitrogens with one attached hydrogen (secondary N) is 2. The molecule has 1 saturated heterocycles. The maximum Gasteiger partial charge on any atom is 0.243 e. The zero-order valence-corrected chi connectivity index (χ0v) is 17.0. The second kappa shape index (κ2) is 9.15. The highest BCUT2D eigenvalue weighted by atomic mass is 79.9. The summed E-state index contributed by atoms with van der Waals surface area (Å²) in [6.07, 6.45) is 2.19. The number of benzene rings is 2. The van der Waals surface area contributed by atoms with E-state index in [1.54, 1.807) is 0 Å². The van der Waals surface area contributed by atoms with E-state index in [-0.39, 0.29) is 24.4 Å². The van der Waals surface area contributed by atoms with Gasteiger partial charge in [-0.15, -0.1) is 0 Å². The number of carbonyl (C=O) groups is 2. The molecule has 0 saturated carbocycles. The van der Waals surface area contributed by atoms with Crippen molar-refractivity contribution in [3.05, 3.63) is 64.1 Å². The Morgan fingerprint density at radius 3 is 2.52 bits per heavy atom. The summed E-state index contributed by atoms with van der Waals surface area (Å²) in [5.41, 5.74) is 2.67. The molecule has 0 spiro atoms. The molecule has 0 radical (unpaired) electrons. The fourth-order valence-electron chi connectivity index (χ4n) is 3.35. The molecule has 1 aliphatic rings. The van der Waals surface area contributed by atoms with Gasteiger partial charge in [0.1, 0.15) is 6.04 Å². The van der Waals surface area contributed by atoms with E-state index in [1.807, 2.05) is 55.5 Å². The first-order chi connectivity index (χ1) is 13.0. The predicted octanol–water partition coefficient (Wildman–Crippen LogP) is 3.65. The monoisotopic (exact) mass is 429 g/mol. The van der Waals surface area contributed by atoms with Crippen molar-refractivity contribution < 1.29 is 9.59 Å². The summed E-state index contributed by atoms with van der Waals surface area (Å²) in [7, 11) is 0. The largest absolute Gasteiger partial charge is 0.345 e. The summed E-state index contributed by atoms with van der Waals surface area (Å²) >= 11 is 3.40. The van der Waals surface area contributed by atoms with Crippen LogP contribution in [0.5, 0.6) is 0 Å². The van der Waals surface area contributed by atoms with Crippen molar-refractivity contribution >= 4 is 33.4 Å². The molecule has 2 amide bonds. The van der Waals surface area contributed by atoms with Crippen LogP contribution in [0.25, 0.3) is 0 Å². The molecule has 0 bridgehead atoms. The molecule has 3 rings (SSSR count). The molecule has 2 aromatic carbocycles. The normalized spacial score (nSPS) is 15.3. The minimum Gasteiger partial charge on any atom is -0.345 e. The molecule has 1 atom stereocenters. The highest BCUT2D eigenvalue weighted by molar-refractivity contribution is 9.10. The maximum absolute atomic E-state index is 12.9. The Balaban J connectivity index is 1.63. The number of halogens is 1. The molecule has 1 heterocycles. The number of carbonyl (C=O) groups excluding carboxylic acids is 2. The third-order valence-electron chi connectivity index (χ3n) is 4.77. The molecule has 1 fully saturated rings. The molecule has 142 valence electrons. The van der Waals surface area contributed by atoms with E-state index in [9.17, 15) is 9.59 Å². The first-order valence-corrected chi connectivity index (χ1v) is 9.96. The Hall–Kier alpha value is -2.18. The minimum absolute atomic E-state index is 0.0536. The minimum atomic E-state index is -0.353. The van der Waals surface area contributed by atoms with Gasteiger partial charge >= 0.3 is 0 Å². The summed E-state index contributed by atoms with van der Waals surface area (Å²) in [5, 5.41) is 5.67. The van der Waals surface area contributed by atoms with Crippen molar-refractivity contribution in [1.82, 2.24) is 10.2 Å².